The van der Waals surface area contributed by atoms with Gasteiger partial charge < -0.3 is 10.4 Å². The van der Waals surface area contributed by atoms with Crippen LogP contribution in [0.2, 0.25) is 0 Å². The first-order valence-electron chi connectivity index (χ1n) is 5.92. The molecular formula is C13H18N2O3. The van der Waals surface area contributed by atoms with E-state index in [2.05, 4.69) is 10.3 Å². The van der Waals surface area contributed by atoms with Crippen LogP contribution in [0.15, 0.2) is 18.3 Å². The van der Waals surface area contributed by atoms with E-state index in [9.17, 15) is 9.59 Å². The van der Waals surface area contributed by atoms with Crippen LogP contribution in [0.5, 0.6) is 0 Å². The molecule has 98 valence electrons. The van der Waals surface area contributed by atoms with Crippen molar-refractivity contribution in [3.63, 3.8) is 0 Å². The highest BCUT2D eigenvalue weighted by Gasteiger charge is 2.25. The van der Waals surface area contributed by atoms with Crippen LogP contribution in [0.4, 0.5) is 0 Å². The lowest BCUT2D eigenvalue weighted by Gasteiger charge is -2.20. The number of aliphatic carboxylic acids is 1. The quantitative estimate of drug-likeness (QED) is 0.832. The molecule has 1 aromatic rings. The molecule has 0 radical (unpaired) electrons. The Morgan fingerprint density at radius 2 is 2.17 bits per heavy atom. The summed E-state index contributed by atoms with van der Waals surface area (Å²) in [7, 11) is 0. The lowest BCUT2D eigenvalue weighted by Crippen LogP contribution is -2.45. The van der Waals surface area contributed by atoms with Gasteiger partial charge in [-0.1, -0.05) is 20.3 Å². The van der Waals surface area contributed by atoms with E-state index in [-0.39, 0.29) is 11.8 Å². The van der Waals surface area contributed by atoms with Crippen LogP contribution in [0.3, 0.4) is 0 Å². The highest BCUT2D eigenvalue weighted by Crippen LogP contribution is 2.09. The predicted molar refractivity (Wildman–Crippen MR) is 67.3 cm³/mol. The zero-order chi connectivity index (χ0) is 13.7. The average molecular weight is 250 g/mol. The van der Waals surface area contributed by atoms with Crippen LogP contribution in [0, 0.1) is 12.8 Å². The van der Waals surface area contributed by atoms with Gasteiger partial charge in [0.2, 0.25) is 0 Å². The lowest BCUT2D eigenvalue weighted by atomic mass is 9.99. The molecule has 1 amide bonds. The van der Waals surface area contributed by atoms with Crippen LogP contribution in [-0.2, 0) is 4.79 Å². The molecule has 2 N–H and O–H groups in total. The fourth-order valence-electron chi connectivity index (χ4n) is 1.59. The zero-order valence-electron chi connectivity index (χ0n) is 10.8. The highest BCUT2D eigenvalue weighted by molar-refractivity contribution is 5.96. The first-order chi connectivity index (χ1) is 8.45. The van der Waals surface area contributed by atoms with Crippen molar-refractivity contribution in [1.29, 1.82) is 0 Å². The van der Waals surface area contributed by atoms with E-state index in [1.165, 1.54) is 6.20 Å². The number of amides is 1. The molecule has 0 fully saturated rings. The van der Waals surface area contributed by atoms with Crippen molar-refractivity contribution in [2.75, 3.05) is 0 Å². The second kappa shape index (κ2) is 6.14. The maximum absolute atomic E-state index is 11.9. The standard InChI is InChI=1S/C13H18N2O3/c1-4-8(2)11(13(17)18)15-12(16)10-5-6-14-9(3)7-10/h5-8,11H,4H2,1-3H3,(H,15,16)(H,17,18)/t8?,11-/m0/s1. The molecule has 0 spiro atoms. The Morgan fingerprint density at radius 1 is 1.50 bits per heavy atom. The normalized spacial score (nSPS) is 13.7. The van der Waals surface area contributed by atoms with Crippen molar-refractivity contribution in [3.8, 4) is 0 Å². The Hall–Kier alpha value is -1.91. The van der Waals surface area contributed by atoms with Crippen LogP contribution >= 0.6 is 0 Å². The van der Waals surface area contributed by atoms with E-state index in [4.69, 9.17) is 5.11 Å². The molecule has 1 rings (SSSR count). The minimum absolute atomic E-state index is 0.116. The molecule has 0 bridgehead atoms. The lowest BCUT2D eigenvalue weighted by molar-refractivity contribution is -0.140. The molecule has 1 unspecified atom stereocenters. The average Bonchev–Trinajstić information content (AvgIpc) is 2.34. The number of aryl methyl sites for hydroxylation is 1. The smallest absolute Gasteiger partial charge is 0.326 e. The predicted octanol–water partition coefficient (Wildman–Crippen LogP) is 1.62. The number of hydrogen-bond donors (Lipinski definition) is 2. The van der Waals surface area contributed by atoms with Crippen molar-refractivity contribution in [2.24, 2.45) is 5.92 Å². The summed E-state index contributed by atoms with van der Waals surface area (Å²) in [4.78, 5) is 27.0. The second-order valence-electron chi connectivity index (χ2n) is 4.36. The van der Waals surface area contributed by atoms with Gasteiger partial charge in [-0.3, -0.25) is 9.78 Å². The van der Waals surface area contributed by atoms with Gasteiger partial charge in [0.25, 0.3) is 5.91 Å². The Kier molecular flexibility index (Phi) is 4.83. The molecular weight excluding hydrogens is 232 g/mol. The summed E-state index contributed by atoms with van der Waals surface area (Å²) in [5.74, 6) is -1.51. The number of carbonyl (C=O) groups excluding carboxylic acids is 1. The summed E-state index contributed by atoms with van der Waals surface area (Å²) < 4.78 is 0. The number of nitrogens with one attached hydrogen (secondary N) is 1. The Morgan fingerprint density at radius 3 is 2.67 bits per heavy atom. The number of pyridine rings is 1. The van der Waals surface area contributed by atoms with E-state index in [0.29, 0.717) is 12.0 Å². The molecule has 18 heavy (non-hydrogen) atoms. The van der Waals surface area contributed by atoms with E-state index >= 15 is 0 Å². The number of rotatable bonds is 5. The summed E-state index contributed by atoms with van der Waals surface area (Å²) in [5.41, 5.74) is 1.15. The minimum Gasteiger partial charge on any atom is -0.480 e. The molecule has 2 atom stereocenters. The fourth-order valence-corrected chi connectivity index (χ4v) is 1.59. The number of carboxylic acid groups (broad SMARTS) is 1. The van der Waals surface area contributed by atoms with Gasteiger partial charge in [-0.05, 0) is 25.0 Å². The van der Waals surface area contributed by atoms with Crippen molar-refractivity contribution >= 4 is 11.9 Å². The Labute approximate surface area is 106 Å². The van der Waals surface area contributed by atoms with Gasteiger partial charge >= 0.3 is 5.97 Å². The van der Waals surface area contributed by atoms with Crippen LogP contribution in [-0.4, -0.2) is 28.0 Å². The molecule has 0 saturated heterocycles. The number of aromatic nitrogens is 1. The Bertz CT molecular complexity index is 446. The van der Waals surface area contributed by atoms with Gasteiger partial charge in [0.05, 0.1) is 0 Å². The SMILES string of the molecule is CCC(C)[C@H](NC(=O)c1ccnc(C)c1)C(=O)O. The third kappa shape index (κ3) is 3.55. The van der Waals surface area contributed by atoms with Gasteiger partial charge in [-0.25, -0.2) is 4.79 Å². The third-order valence-corrected chi connectivity index (χ3v) is 2.92. The molecule has 1 aromatic heterocycles. The topological polar surface area (TPSA) is 79.3 Å². The number of hydrogen-bond acceptors (Lipinski definition) is 3. The minimum atomic E-state index is -1.01. The first kappa shape index (κ1) is 14.2. The van der Waals surface area contributed by atoms with E-state index in [1.54, 1.807) is 26.0 Å². The van der Waals surface area contributed by atoms with Gasteiger partial charge in [0.15, 0.2) is 0 Å². The Balaban J connectivity index is 2.82. The maximum atomic E-state index is 11.9. The summed E-state index contributed by atoms with van der Waals surface area (Å²) in [6.45, 7) is 5.47. The molecule has 5 nitrogen and oxygen atoms in total. The van der Waals surface area contributed by atoms with Gasteiger partial charge in [-0.15, -0.1) is 0 Å². The fraction of sp³-hybridized carbons (Fsp3) is 0.462. The summed E-state index contributed by atoms with van der Waals surface area (Å²) >= 11 is 0. The van der Waals surface area contributed by atoms with Crippen molar-refractivity contribution in [1.82, 2.24) is 10.3 Å². The number of carbonyl (C=O) groups is 2. The van der Waals surface area contributed by atoms with Gasteiger partial charge in [0, 0.05) is 17.5 Å². The molecule has 1 heterocycles. The van der Waals surface area contributed by atoms with E-state index in [1.807, 2.05) is 6.92 Å². The van der Waals surface area contributed by atoms with E-state index < -0.39 is 12.0 Å². The van der Waals surface area contributed by atoms with Crippen molar-refractivity contribution < 1.29 is 14.7 Å². The third-order valence-electron chi connectivity index (χ3n) is 2.92. The van der Waals surface area contributed by atoms with Gasteiger partial charge in [-0.2, -0.15) is 0 Å². The molecule has 0 saturated carbocycles. The van der Waals surface area contributed by atoms with Crippen LogP contribution in [0.1, 0.15) is 36.3 Å². The number of carboxylic acids is 1. The van der Waals surface area contributed by atoms with Crippen LogP contribution < -0.4 is 5.32 Å². The molecule has 0 aromatic carbocycles. The molecule has 0 aliphatic heterocycles. The maximum Gasteiger partial charge on any atom is 0.326 e. The first-order valence-corrected chi connectivity index (χ1v) is 5.92. The monoisotopic (exact) mass is 250 g/mol. The van der Waals surface area contributed by atoms with Crippen molar-refractivity contribution in [3.05, 3.63) is 29.6 Å². The molecule has 5 heteroatoms. The molecule has 0 aliphatic rings. The van der Waals surface area contributed by atoms with Gasteiger partial charge in [0.1, 0.15) is 6.04 Å². The molecule has 0 aliphatic carbocycles. The van der Waals surface area contributed by atoms with E-state index in [0.717, 1.165) is 5.69 Å². The zero-order valence-corrected chi connectivity index (χ0v) is 10.8. The summed E-state index contributed by atoms with van der Waals surface area (Å²) in [6, 6.07) is 2.33. The number of nitrogens with zero attached hydrogens (tertiary/aromatic N) is 1. The summed E-state index contributed by atoms with van der Waals surface area (Å²) in [5, 5.41) is 11.6. The highest BCUT2D eigenvalue weighted by atomic mass is 16.4. The van der Waals surface area contributed by atoms with Crippen molar-refractivity contribution in [2.45, 2.75) is 33.2 Å². The van der Waals surface area contributed by atoms with Crippen LogP contribution in [0.25, 0.3) is 0 Å². The largest absolute Gasteiger partial charge is 0.480 e. The summed E-state index contributed by atoms with van der Waals surface area (Å²) in [6.07, 6.45) is 2.22. The second-order valence-corrected chi connectivity index (χ2v) is 4.36.